The SMILES string of the molecule is CN(C)c1cccc([Si](c2ccccc2)c2ccccc2)c1. The lowest BCUT2D eigenvalue weighted by atomic mass is 10.3. The van der Waals surface area contributed by atoms with Gasteiger partial charge < -0.3 is 4.90 Å². The molecule has 1 nitrogen and oxygen atoms in total. The zero-order valence-corrected chi connectivity index (χ0v) is 14.0. The van der Waals surface area contributed by atoms with Crippen LogP contribution in [0.4, 0.5) is 5.69 Å². The summed E-state index contributed by atoms with van der Waals surface area (Å²) in [5.74, 6) is 0. The van der Waals surface area contributed by atoms with Crippen molar-refractivity contribution in [2.75, 3.05) is 19.0 Å². The molecule has 109 valence electrons. The molecular formula is C20H20NSi. The molecule has 22 heavy (non-hydrogen) atoms. The third-order valence-electron chi connectivity index (χ3n) is 3.78. The van der Waals surface area contributed by atoms with Crippen molar-refractivity contribution in [1.29, 1.82) is 0 Å². The summed E-state index contributed by atoms with van der Waals surface area (Å²) in [5, 5.41) is 4.28. The maximum Gasteiger partial charge on any atom is 0.154 e. The minimum atomic E-state index is -0.959. The van der Waals surface area contributed by atoms with Gasteiger partial charge in [0.2, 0.25) is 0 Å². The van der Waals surface area contributed by atoms with Crippen LogP contribution < -0.4 is 20.5 Å². The molecule has 0 atom stereocenters. The molecule has 0 N–H and O–H groups in total. The fourth-order valence-electron chi connectivity index (χ4n) is 2.65. The van der Waals surface area contributed by atoms with Crippen molar-refractivity contribution in [3.8, 4) is 0 Å². The summed E-state index contributed by atoms with van der Waals surface area (Å²) >= 11 is 0. The Labute approximate surface area is 134 Å². The van der Waals surface area contributed by atoms with E-state index in [4.69, 9.17) is 0 Å². The van der Waals surface area contributed by atoms with E-state index in [1.54, 1.807) is 0 Å². The van der Waals surface area contributed by atoms with Crippen LogP contribution in [0.2, 0.25) is 0 Å². The zero-order chi connectivity index (χ0) is 15.4. The van der Waals surface area contributed by atoms with Crippen molar-refractivity contribution in [3.05, 3.63) is 84.9 Å². The highest BCUT2D eigenvalue weighted by atomic mass is 28.3. The molecule has 3 aromatic carbocycles. The number of hydrogen-bond acceptors (Lipinski definition) is 1. The topological polar surface area (TPSA) is 3.24 Å². The summed E-state index contributed by atoms with van der Waals surface area (Å²) in [5.41, 5.74) is 1.26. The molecule has 0 amide bonds. The number of nitrogens with zero attached hydrogens (tertiary/aromatic N) is 1. The Balaban J connectivity index is 2.12. The Hall–Kier alpha value is -2.32. The van der Waals surface area contributed by atoms with Gasteiger partial charge in [-0.15, -0.1) is 0 Å². The third-order valence-corrected chi connectivity index (χ3v) is 6.49. The summed E-state index contributed by atoms with van der Waals surface area (Å²) in [4.78, 5) is 2.17. The van der Waals surface area contributed by atoms with Crippen molar-refractivity contribution in [2.45, 2.75) is 0 Å². The number of anilines is 1. The second-order valence-electron chi connectivity index (χ2n) is 5.55. The monoisotopic (exact) mass is 302 g/mol. The Morgan fingerprint density at radius 3 is 1.59 bits per heavy atom. The number of benzene rings is 3. The molecule has 1 radical (unpaired) electrons. The van der Waals surface area contributed by atoms with Crippen molar-refractivity contribution in [3.63, 3.8) is 0 Å². The highest BCUT2D eigenvalue weighted by molar-refractivity contribution is 6.95. The molecule has 0 bridgehead atoms. The van der Waals surface area contributed by atoms with Crippen molar-refractivity contribution in [2.24, 2.45) is 0 Å². The van der Waals surface area contributed by atoms with Crippen molar-refractivity contribution < 1.29 is 0 Å². The number of hydrogen-bond donors (Lipinski definition) is 0. The molecule has 0 heterocycles. The molecule has 0 spiro atoms. The number of rotatable bonds is 4. The average molecular weight is 302 g/mol. The van der Waals surface area contributed by atoms with Gasteiger partial charge in [-0.3, -0.25) is 0 Å². The largest absolute Gasteiger partial charge is 0.378 e. The molecule has 2 heteroatoms. The van der Waals surface area contributed by atoms with Gasteiger partial charge in [-0.2, -0.15) is 0 Å². The first-order valence-electron chi connectivity index (χ1n) is 7.51. The third kappa shape index (κ3) is 3.12. The van der Waals surface area contributed by atoms with Gasteiger partial charge in [-0.25, -0.2) is 0 Å². The van der Waals surface area contributed by atoms with E-state index in [2.05, 4.69) is 104 Å². The van der Waals surface area contributed by atoms with E-state index in [0.717, 1.165) is 0 Å². The van der Waals surface area contributed by atoms with Crippen LogP contribution in [0.25, 0.3) is 0 Å². The van der Waals surface area contributed by atoms with E-state index in [-0.39, 0.29) is 0 Å². The van der Waals surface area contributed by atoms with E-state index < -0.39 is 8.80 Å². The van der Waals surface area contributed by atoms with Gasteiger partial charge in [-0.1, -0.05) is 83.2 Å². The van der Waals surface area contributed by atoms with Crippen molar-refractivity contribution >= 4 is 30.0 Å². The minimum absolute atomic E-state index is 0.959. The minimum Gasteiger partial charge on any atom is -0.378 e. The highest BCUT2D eigenvalue weighted by Gasteiger charge is 2.19. The van der Waals surface area contributed by atoms with E-state index in [9.17, 15) is 0 Å². The fourth-order valence-corrected chi connectivity index (χ4v) is 5.26. The second kappa shape index (κ2) is 6.63. The smallest absolute Gasteiger partial charge is 0.154 e. The van der Waals surface area contributed by atoms with Crippen LogP contribution in [-0.4, -0.2) is 22.9 Å². The molecule has 3 aromatic rings. The zero-order valence-electron chi connectivity index (χ0n) is 13.0. The molecule has 0 aliphatic rings. The first kappa shape index (κ1) is 14.6. The molecule has 0 saturated heterocycles. The summed E-state index contributed by atoms with van der Waals surface area (Å²) in [6.07, 6.45) is 0. The Morgan fingerprint density at radius 1 is 0.591 bits per heavy atom. The van der Waals surface area contributed by atoms with Gasteiger partial charge in [0.25, 0.3) is 0 Å². The lowest BCUT2D eigenvalue weighted by Gasteiger charge is -2.19. The molecule has 0 aliphatic heterocycles. The molecule has 0 saturated carbocycles. The average Bonchev–Trinajstić information content (AvgIpc) is 2.57. The quantitative estimate of drug-likeness (QED) is 0.528. The molecule has 0 aromatic heterocycles. The van der Waals surface area contributed by atoms with Gasteiger partial charge in [0.05, 0.1) is 0 Å². The second-order valence-corrected chi connectivity index (χ2v) is 8.03. The van der Waals surface area contributed by atoms with Gasteiger partial charge in [0.1, 0.15) is 0 Å². The molecule has 0 unspecified atom stereocenters. The van der Waals surface area contributed by atoms with Crippen LogP contribution in [0.15, 0.2) is 84.9 Å². The van der Waals surface area contributed by atoms with E-state index in [1.807, 2.05) is 0 Å². The van der Waals surface area contributed by atoms with E-state index in [1.165, 1.54) is 21.2 Å². The predicted octanol–water partition coefficient (Wildman–Crippen LogP) is 2.27. The van der Waals surface area contributed by atoms with Gasteiger partial charge in [0, 0.05) is 19.8 Å². The molecule has 0 aliphatic carbocycles. The molecule has 3 rings (SSSR count). The van der Waals surface area contributed by atoms with E-state index in [0.29, 0.717) is 0 Å². The van der Waals surface area contributed by atoms with Gasteiger partial charge in [0.15, 0.2) is 8.80 Å². The lowest BCUT2D eigenvalue weighted by molar-refractivity contribution is 1.13. The maximum absolute atomic E-state index is 2.33. The van der Waals surface area contributed by atoms with Crippen LogP contribution >= 0.6 is 0 Å². The van der Waals surface area contributed by atoms with Crippen molar-refractivity contribution in [1.82, 2.24) is 0 Å². The Bertz CT molecular complexity index is 683. The summed E-state index contributed by atoms with van der Waals surface area (Å²) in [7, 11) is 3.23. The summed E-state index contributed by atoms with van der Waals surface area (Å²) in [6.45, 7) is 0. The first-order valence-corrected chi connectivity index (χ1v) is 9.01. The predicted molar refractivity (Wildman–Crippen MR) is 98.3 cm³/mol. The molecular weight excluding hydrogens is 282 g/mol. The van der Waals surface area contributed by atoms with Crippen LogP contribution in [-0.2, 0) is 0 Å². The Kier molecular flexibility index (Phi) is 4.40. The lowest BCUT2D eigenvalue weighted by Crippen LogP contribution is -2.51. The maximum atomic E-state index is 2.33. The van der Waals surface area contributed by atoms with Crippen LogP contribution in [0, 0.1) is 0 Å². The van der Waals surface area contributed by atoms with E-state index >= 15 is 0 Å². The fraction of sp³-hybridized carbons (Fsp3) is 0.100. The standard InChI is InChI=1S/C20H20NSi/c1-21(2)17-10-9-15-20(16-17)22(18-11-5-3-6-12-18)19-13-7-4-8-14-19/h3-16H,1-2H3. The summed E-state index contributed by atoms with van der Waals surface area (Å²) in [6, 6.07) is 30.7. The first-order chi connectivity index (χ1) is 10.8. The normalized spacial score (nSPS) is 10.7. The highest BCUT2D eigenvalue weighted by Crippen LogP contribution is 2.08. The van der Waals surface area contributed by atoms with Crippen LogP contribution in [0.5, 0.6) is 0 Å². The molecule has 0 fully saturated rings. The Morgan fingerprint density at radius 2 is 1.09 bits per heavy atom. The summed E-state index contributed by atoms with van der Waals surface area (Å²) < 4.78 is 0. The van der Waals surface area contributed by atoms with Crippen LogP contribution in [0.3, 0.4) is 0 Å². The van der Waals surface area contributed by atoms with Gasteiger partial charge >= 0.3 is 0 Å². The van der Waals surface area contributed by atoms with Gasteiger partial charge in [-0.05, 0) is 17.3 Å². The van der Waals surface area contributed by atoms with Crippen LogP contribution in [0.1, 0.15) is 0 Å².